The number of halogens is 1. The summed E-state index contributed by atoms with van der Waals surface area (Å²) < 4.78 is 19.8. The Labute approximate surface area is 227 Å². The third-order valence-electron chi connectivity index (χ3n) is 6.73. The Morgan fingerprint density at radius 1 is 1.18 bits per heavy atom. The van der Waals surface area contributed by atoms with Crippen LogP contribution in [0.5, 0.6) is 5.75 Å². The number of fused-ring (bicyclic) bond motifs is 1. The lowest BCUT2D eigenvalue weighted by Crippen LogP contribution is -2.49. The van der Waals surface area contributed by atoms with Gasteiger partial charge in [0.15, 0.2) is 5.75 Å². The topological polar surface area (TPSA) is 107 Å². The number of pyridine rings is 1. The third-order valence-corrected chi connectivity index (χ3v) is 6.73. The van der Waals surface area contributed by atoms with E-state index in [2.05, 4.69) is 20.5 Å². The van der Waals surface area contributed by atoms with Crippen LogP contribution in [0.4, 0.5) is 20.6 Å². The summed E-state index contributed by atoms with van der Waals surface area (Å²) in [5.74, 6) is -0.518. The zero-order chi connectivity index (χ0) is 27.9. The Kier molecular flexibility index (Phi) is 9.11. The average molecular weight is 536 g/mol. The number of nitrogens with one attached hydrogen (secondary N) is 2. The number of benzene rings is 2. The summed E-state index contributed by atoms with van der Waals surface area (Å²) in [6.07, 6.45) is 3.17. The number of aliphatic hydroxyl groups excluding tert-OH is 1. The number of urea groups is 1. The molecule has 0 spiro atoms. The quantitative estimate of drug-likeness (QED) is 0.399. The van der Waals surface area contributed by atoms with E-state index in [4.69, 9.17) is 4.74 Å². The number of anilines is 2. The molecule has 206 valence electrons. The Morgan fingerprint density at radius 3 is 2.59 bits per heavy atom. The van der Waals surface area contributed by atoms with Crippen molar-refractivity contribution < 1.29 is 23.8 Å². The number of amides is 3. The van der Waals surface area contributed by atoms with Crippen LogP contribution in [-0.2, 0) is 6.54 Å². The fourth-order valence-electron chi connectivity index (χ4n) is 4.55. The lowest BCUT2D eigenvalue weighted by molar-refractivity contribution is 0.0343. The molecule has 1 aliphatic heterocycles. The van der Waals surface area contributed by atoms with Crippen molar-refractivity contribution in [2.45, 2.75) is 32.5 Å². The van der Waals surface area contributed by atoms with Gasteiger partial charge in [0, 0.05) is 43.6 Å². The molecule has 2 aromatic carbocycles. The molecule has 0 radical (unpaired) electrons. The number of nitrogens with zero attached hydrogens (tertiary/aromatic N) is 3. The van der Waals surface area contributed by atoms with Gasteiger partial charge in [0.25, 0.3) is 5.91 Å². The molecule has 1 aromatic heterocycles. The maximum Gasteiger partial charge on any atom is 0.323 e. The predicted octanol–water partition coefficient (Wildman–Crippen LogP) is 4.22. The molecule has 0 aliphatic carbocycles. The monoisotopic (exact) mass is 535 g/mol. The fraction of sp³-hybridized carbons (Fsp3) is 0.345. The van der Waals surface area contributed by atoms with Crippen LogP contribution in [0.1, 0.15) is 29.8 Å². The molecule has 3 atom stereocenters. The van der Waals surface area contributed by atoms with Crippen molar-refractivity contribution in [1.29, 1.82) is 0 Å². The van der Waals surface area contributed by atoms with Gasteiger partial charge in [-0.1, -0.05) is 13.0 Å². The number of hydrogen-bond donors (Lipinski definition) is 3. The minimum absolute atomic E-state index is 0.0860. The normalized spacial score (nSPS) is 18.0. The Hall–Kier alpha value is -4.02. The number of carbonyl (C=O) groups excluding carboxylic acids is 2. The van der Waals surface area contributed by atoms with Gasteiger partial charge in [0.2, 0.25) is 0 Å². The standard InChI is InChI=1S/C29H34FN5O4/c1-19-15-35(20(2)18-36)28(37)24-5-4-6-25(33-29(38)32-23-9-7-22(30)8-10-23)27(24)39-26(19)17-34(3)16-21-11-13-31-14-12-21/h4-14,19-20,26,36H,15-18H2,1-3H3,(H2,32,33,38)/t19-,20-,26-/m0/s1. The van der Waals surface area contributed by atoms with Crippen molar-refractivity contribution in [3.8, 4) is 5.75 Å². The predicted molar refractivity (Wildman–Crippen MR) is 147 cm³/mol. The number of carbonyl (C=O) groups is 2. The van der Waals surface area contributed by atoms with Crippen molar-refractivity contribution in [2.75, 3.05) is 37.4 Å². The SMILES string of the molecule is C[C@H]1CN([C@@H](C)CO)C(=O)c2cccc(NC(=O)Nc3ccc(F)cc3)c2O[C@H]1CN(C)Cc1ccncc1. The van der Waals surface area contributed by atoms with Crippen molar-refractivity contribution >= 4 is 23.3 Å². The maximum absolute atomic E-state index is 13.6. The van der Waals surface area contributed by atoms with E-state index in [-0.39, 0.29) is 30.3 Å². The summed E-state index contributed by atoms with van der Waals surface area (Å²) in [6, 6.07) is 13.4. The highest BCUT2D eigenvalue weighted by Crippen LogP contribution is 2.35. The number of aliphatic hydroxyl groups is 1. The summed E-state index contributed by atoms with van der Waals surface area (Å²) >= 11 is 0. The first-order valence-corrected chi connectivity index (χ1v) is 12.9. The van der Waals surface area contributed by atoms with Crippen molar-refractivity contribution in [2.24, 2.45) is 5.92 Å². The molecular formula is C29H34FN5O4. The van der Waals surface area contributed by atoms with Gasteiger partial charge in [-0.3, -0.25) is 14.7 Å². The molecule has 1 aliphatic rings. The van der Waals surface area contributed by atoms with Crippen LogP contribution in [0.3, 0.4) is 0 Å². The van der Waals surface area contributed by atoms with E-state index in [9.17, 15) is 19.1 Å². The highest BCUT2D eigenvalue weighted by atomic mass is 19.1. The van der Waals surface area contributed by atoms with Crippen LogP contribution >= 0.6 is 0 Å². The van der Waals surface area contributed by atoms with E-state index in [1.165, 1.54) is 24.3 Å². The van der Waals surface area contributed by atoms with Gasteiger partial charge in [-0.05, 0) is 68.1 Å². The maximum atomic E-state index is 13.6. The average Bonchev–Trinajstić information content (AvgIpc) is 2.92. The summed E-state index contributed by atoms with van der Waals surface area (Å²) in [6.45, 7) is 5.26. The third kappa shape index (κ3) is 7.10. The minimum atomic E-state index is -0.562. The van der Waals surface area contributed by atoms with Crippen LogP contribution in [0.15, 0.2) is 67.0 Å². The van der Waals surface area contributed by atoms with E-state index in [0.29, 0.717) is 36.6 Å². The summed E-state index contributed by atoms with van der Waals surface area (Å²) in [4.78, 5) is 34.3. The lowest BCUT2D eigenvalue weighted by atomic mass is 9.99. The second-order valence-electron chi connectivity index (χ2n) is 9.94. The second-order valence-corrected chi connectivity index (χ2v) is 9.94. The van der Waals surface area contributed by atoms with Gasteiger partial charge in [-0.15, -0.1) is 0 Å². The van der Waals surface area contributed by atoms with Crippen LogP contribution in [0.2, 0.25) is 0 Å². The molecule has 3 amide bonds. The zero-order valence-electron chi connectivity index (χ0n) is 22.3. The van der Waals surface area contributed by atoms with E-state index < -0.39 is 17.9 Å². The Morgan fingerprint density at radius 2 is 1.90 bits per heavy atom. The Balaban J connectivity index is 1.62. The van der Waals surface area contributed by atoms with E-state index >= 15 is 0 Å². The molecule has 4 rings (SSSR count). The summed E-state index contributed by atoms with van der Waals surface area (Å²) in [5.41, 5.74) is 2.14. The number of ether oxygens (including phenoxy) is 1. The fourth-order valence-corrected chi connectivity index (χ4v) is 4.55. The minimum Gasteiger partial charge on any atom is -0.486 e. The molecule has 0 saturated carbocycles. The Bertz CT molecular complexity index is 1270. The first-order valence-electron chi connectivity index (χ1n) is 12.9. The summed E-state index contributed by atoms with van der Waals surface area (Å²) in [5, 5.41) is 15.3. The number of rotatable bonds is 8. The van der Waals surface area contributed by atoms with Gasteiger partial charge in [-0.25, -0.2) is 9.18 Å². The molecular weight excluding hydrogens is 501 g/mol. The van der Waals surface area contributed by atoms with Crippen LogP contribution in [-0.4, -0.2) is 70.7 Å². The van der Waals surface area contributed by atoms with Crippen molar-refractivity contribution in [3.05, 3.63) is 83.9 Å². The number of para-hydroxylation sites is 1. The number of likely N-dealkylation sites (N-methyl/N-ethyl adjacent to an activating group) is 1. The van der Waals surface area contributed by atoms with Gasteiger partial charge in [0.1, 0.15) is 11.9 Å². The largest absolute Gasteiger partial charge is 0.486 e. The first-order chi connectivity index (χ1) is 18.7. The lowest BCUT2D eigenvalue weighted by Gasteiger charge is -2.38. The molecule has 9 nitrogen and oxygen atoms in total. The van der Waals surface area contributed by atoms with Gasteiger partial charge >= 0.3 is 6.03 Å². The zero-order valence-corrected chi connectivity index (χ0v) is 22.3. The highest BCUT2D eigenvalue weighted by molar-refractivity contribution is 6.04. The van der Waals surface area contributed by atoms with Gasteiger partial charge < -0.3 is 25.4 Å². The molecule has 3 N–H and O–H groups in total. The number of aromatic nitrogens is 1. The molecule has 0 saturated heterocycles. The second kappa shape index (κ2) is 12.7. The van der Waals surface area contributed by atoms with Crippen LogP contribution in [0.25, 0.3) is 0 Å². The van der Waals surface area contributed by atoms with Crippen LogP contribution in [0, 0.1) is 11.7 Å². The molecule has 2 heterocycles. The first kappa shape index (κ1) is 28.0. The van der Waals surface area contributed by atoms with Gasteiger partial charge in [-0.2, -0.15) is 0 Å². The van der Waals surface area contributed by atoms with Crippen LogP contribution < -0.4 is 15.4 Å². The van der Waals surface area contributed by atoms with Crippen molar-refractivity contribution in [1.82, 2.24) is 14.8 Å². The molecule has 0 bridgehead atoms. The molecule has 3 aromatic rings. The summed E-state index contributed by atoms with van der Waals surface area (Å²) in [7, 11) is 2.00. The molecule has 39 heavy (non-hydrogen) atoms. The highest BCUT2D eigenvalue weighted by Gasteiger charge is 2.34. The molecule has 0 unspecified atom stereocenters. The number of hydrogen-bond acceptors (Lipinski definition) is 6. The molecule has 10 heteroatoms. The van der Waals surface area contributed by atoms with E-state index in [1.54, 1.807) is 42.4 Å². The molecule has 0 fully saturated rings. The smallest absolute Gasteiger partial charge is 0.323 e. The van der Waals surface area contributed by atoms with E-state index in [1.807, 2.05) is 26.1 Å². The van der Waals surface area contributed by atoms with Gasteiger partial charge in [0.05, 0.1) is 23.9 Å². The van der Waals surface area contributed by atoms with E-state index in [0.717, 1.165) is 5.56 Å². The van der Waals surface area contributed by atoms with Crippen molar-refractivity contribution in [3.63, 3.8) is 0 Å².